The lowest BCUT2D eigenvalue weighted by Gasteiger charge is -2.22. The second-order valence-electron chi connectivity index (χ2n) is 7.26. The molecule has 0 unspecified atom stereocenters. The van der Waals surface area contributed by atoms with Gasteiger partial charge in [0.15, 0.2) is 0 Å². The Balaban J connectivity index is 1.79. The van der Waals surface area contributed by atoms with Gasteiger partial charge in [0.2, 0.25) is 0 Å². The van der Waals surface area contributed by atoms with Crippen LogP contribution in [-0.4, -0.2) is 31.1 Å². The van der Waals surface area contributed by atoms with E-state index in [-0.39, 0.29) is 17.6 Å². The summed E-state index contributed by atoms with van der Waals surface area (Å²) in [5, 5.41) is 7.80. The maximum Gasteiger partial charge on any atom is 0.323 e. The third kappa shape index (κ3) is 5.22. The molecule has 6 nitrogen and oxygen atoms in total. The lowest BCUT2D eigenvalue weighted by atomic mass is 10.1. The smallest absolute Gasteiger partial charge is 0.323 e. The summed E-state index contributed by atoms with van der Waals surface area (Å²) in [6.45, 7) is 5.50. The van der Waals surface area contributed by atoms with Crippen LogP contribution in [0, 0.1) is 11.6 Å². The van der Waals surface area contributed by atoms with Crippen molar-refractivity contribution in [3.8, 4) is 0 Å². The van der Waals surface area contributed by atoms with E-state index in [1.54, 1.807) is 18.2 Å². The Bertz CT molecular complexity index is 912. The van der Waals surface area contributed by atoms with E-state index in [1.165, 1.54) is 0 Å². The maximum atomic E-state index is 13.7. The highest BCUT2D eigenvalue weighted by molar-refractivity contribution is 6.04. The van der Waals surface area contributed by atoms with Gasteiger partial charge in [0, 0.05) is 36.6 Å². The number of amides is 3. The van der Waals surface area contributed by atoms with Gasteiger partial charge >= 0.3 is 6.03 Å². The minimum absolute atomic E-state index is 0.0321. The van der Waals surface area contributed by atoms with Crippen molar-refractivity contribution >= 4 is 29.0 Å². The first kappa shape index (κ1) is 20.6. The van der Waals surface area contributed by atoms with Gasteiger partial charge < -0.3 is 20.9 Å². The largest absolute Gasteiger partial charge is 0.371 e. The van der Waals surface area contributed by atoms with Gasteiger partial charge in [-0.1, -0.05) is 0 Å². The van der Waals surface area contributed by atoms with Crippen molar-refractivity contribution in [1.29, 1.82) is 0 Å². The number of nitrogens with zero attached hydrogens (tertiary/aromatic N) is 1. The lowest BCUT2D eigenvalue weighted by Crippen LogP contribution is -2.32. The third-order valence-corrected chi connectivity index (χ3v) is 4.54. The van der Waals surface area contributed by atoms with Gasteiger partial charge in [-0.25, -0.2) is 13.6 Å². The van der Waals surface area contributed by atoms with Crippen molar-refractivity contribution in [1.82, 2.24) is 5.32 Å². The standard InChI is InChI=1S/C21H24F2N4O2/c1-13(2)24-20(28)16-12-15(6-8-19(16)27-9-3-4-10-27)25-21(29)26-18-7-5-14(22)11-17(18)23/h5-8,11-13H,3-4,9-10H2,1-2H3,(H,24,28)(H2,25,26,29). The maximum absolute atomic E-state index is 13.7. The number of rotatable bonds is 5. The van der Waals surface area contributed by atoms with Gasteiger partial charge in [-0.2, -0.15) is 0 Å². The molecule has 29 heavy (non-hydrogen) atoms. The van der Waals surface area contributed by atoms with Gasteiger partial charge in [-0.05, 0) is 57.0 Å². The van der Waals surface area contributed by atoms with Crippen LogP contribution in [0.4, 0.5) is 30.6 Å². The van der Waals surface area contributed by atoms with Crippen LogP contribution < -0.4 is 20.9 Å². The fourth-order valence-corrected chi connectivity index (χ4v) is 3.24. The van der Waals surface area contributed by atoms with Gasteiger partial charge in [0.1, 0.15) is 11.6 Å². The summed E-state index contributed by atoms with van der Waals surface area (Å²) >= 11 is 0. The van der Waals surface area contributed by atoms with Gasteiger partial charge in [0.05, 0.1) is 11.3 Å². The summed E-state index contributed by atoms with van der Waals surface area (Å²) in [6, 6.07) is 7.26. The first-order chi connectivity index (χ1) is 13.8. The number of carbonyl (C=O) groups is 2. The zero-order chi connectivity index (χ0) is 21.0. The monoisotopic (exact) mass is 402 g/mol. The molecule has 0 radical (unpaired) electrons. The Morgan fingerprint density at radius 2 is 1.72 bits per heavy atom. The fourth-order valence-electron chi connectivity index (χ4n) is 3.24. The van der Waals surface area contributed by atoms with Crippen LogP contribution in [0.3, 0.4) is 0 Å². The summed E-state index contributed by atoms with van der Waals surface area (Å²) in [4.78, 5) is 27.1. The van der Waals surface area contributed by atoms with Gasteiger partial charge in [0.25, 0.3) is 5.91 Å². The van der Waals surface area contributed by atoms with Crippen LogP contribution in [-0.2, 0) is 0 Å². The Morgan fingerprint density at radius 1 is 1.00 bits per heavy atom. The molecule has 0 bridgehead atoms. The topological polar surface area (TPSA) is 73.5 Å². The predicted octanol–water partition coefficient (Wildman–Crippen LogP) is 4.35. The van der Waals surface area contributed by atoms with E-state index in [9.17, 15) is 18.4 Å². The molecule has 8 heteroatoms. The van der Waals surface area contributed by atoms with Crippen molar-refractivity contribution in [3.05, 3.63) is 53.6 Å². The van der Waals surface area contributed by atoms with Crippen molar-refractivity contribution in [3.63, 3.8) is 0 Å². The Labute approximate surface area is 168 Å². The molecule has 1 aliphatic heterocycles. The van der Waals surface area contributed by atoms with Crippen molar-refractivity contribution < 1.29 is 18.4 Å². The quantitative estimate of drug-likeness (QED) is 0.696. The number of nitrogens with one attached hydrogen (secondary N) is 3. The minimum atomic E-state index is -0.874. The van der Waals surface area contributed by atoms with E-state index in [0.717, 1.165) is 43.8 Å². The molecule has 2 aromatic rings. The Hall–Kier alpha value is -3.16. The van der Waals surface area contributed by atoms with Crippen LogP contribution in [0.1, 0.15) is 37.0 Å². The van der Waals surface area contributed by atoms with E-state index in [1.807, 2.05) is 13.8 Å². The molecule has 3 N–H and O–H groups in total. The number of halogens is 2. The minimum Gasteiger partial charge on any atom is -0.371 e. The lowest BCUT2D eigenvalue weighted by molar-refractivity contribution is 0.0943. The van der Waals surface area contributed by atoms with E-state index in [4.69, 9.17) is 0 Å². The summed E-state index contributed by atoms with van der Waals surface area (Å²) < 4.78 is 26.7. The predicted molar refractivity (Wildman–Crippen MR) is 109 cm³/mol. The summed E-state index contributed by atoms with van der Waals surface area (Å²) in [5.74, 6) is -1.83. The van der Waals surface area contributed by atoms with Crippen molar-refractivity contribution in [2.24, 2.45) is 0 Å². The second kappa shape index (κ2) is 8.89. The fraction of sp³-hybridized carbons (Fsp3) is 0.333. The molecule has 3 rings (SSSR count). The molecule has 0 spiro atoms. The van der Waals surface area contributed by atoms with Crippen LogP contribution in [0.25, 0.3) is 0 Å². The molecule has 1 aliphatic rings. The van der Waals surface area contributed by atoms with Crippen molar-refractivity contribution in [2.45, 2.75) is 32.7 Å². The van der Waals surface area contributed by atoms with Gasteiger partial charge in [-0.15, -0.1) is 0 Å². The van der Waals surface area contributed by atoms with Crippen LogP contribution >= 0.6 is 0 Å². The molecule has 1 saturated heterocycles. The highest BCUT2D eigenvalue weighted by atomic mass is 19.1. The second-order valence-corrected chi connectivity index (χ2v) is 7.26. The van der Waals surface area contributed by atoms with E-state index >= 15 is 0 Å². The Morgan fingerprint density at radius 3 is 2.38 bits per heavy atom. The first-order valence-corrected chi connectivity index (χ1v) is 9.56. The molecule has 0 aliphatic carbocycles. The molecule has 154 valence electrons. The average Bonchev–Trinajstić information content (AvgIpc) is 3.18. The number of hydrogen-bond donors (Lipinski definition) is 3. The van der Waals surface area contributed by atoms with Crippen LogP contribution in [0.15, 0.2) is 36.4 Å². The number of carbonyl (C=O) groups excluding carboxylic acids is 2. The molecule has 2 aromatic carbocycles. The number of urea groups is 1. The summed E-state index contributed by atoms with van der Waals surface area (Å²) in [6.07, 6.45) is 2.13. The molecule has 1 fully saturated rings. The molecular formula is C21H24F2N4O2. The Kier molecular flexibility index (Phi) is 6.31. The molecule has 0 saturated carbocycles. The third-order valence-electron chi connectivity index (χ3n) is 4.54. The number of benzene rings is 2. The van der Waals surface area contributed by atoms with E-state index in [0.29, 0.717) is 17.3 Å². The van der Waals surface area contributed by atoms with Gasteiger partial charge in [-0.3, -0.25) is 4.79 Å². The molecule has 0 aromatic heterocycles. The van der Waals surface area contributed by atoms with E-state index < -0.39 is 17.7 Å². The molecule has 0 atom stereocenters. The van der Waals surface area contributed by atoms with Crippen LogP contribution in [0.2, 0.25) is 0 Å². The molecule has 1 heterocycles. The molecular weight excluding hydrogens is 378 g/mol. The zero-order valence-electron chi connectivity index (χ0n) is 16.4. The summed E-state index contributed by atoms with van der Waals surface area (Å²) in [5.41, 5.74) is 1.53. The van der Waals surface area contributed by atoms with Crippen LogP contribution in [0.5, 0.6) is 0 Å². The zero-order valence-corrected chi connectivity index (χ0v) is 16.4. The SMILES string of the molecule is CC(C)NC(=O)c1cc(NC(=O)Nc2ccc(F)cc2F)ccc1N1CCCC1. The highest BCUT2D eigenvalue weighted by Gasteiger charge is 2.21. The number of anilines is 3. The normalized spacial score (nSPS) is 13.5. The number of hydrogen-bond acceptors (Lipinski definition) is 3. The highest BCUT2D eigenvalue weighted by Crippen LogP contribution is 2.28. The van der Waals surface area contributed by atoms with Crippen molar-refractivity contribution in [2.75, 3.05) is 28.6 Å². The molecule has 3 amide bonds. The first-order valence-electron chi connectivity index (χ1n) is 9.56. The summed E-state index contributed by atoms with van der Waals surface area (Å²) in [7, 11) is 0. The average molecular weight is 402 g/mol. The van der Waals surface area contributed by atoms with E-state index in [2.05, 4.69) is 20.9 Å².